The van der Waals surface area contributed by atoms with Crippen molar-refractivity contribution in [3.63, 3.8) is 0 Å². The fourth-order valence-corrected chi connectivity index (χ4v) is 4.41. The number of benzene rings is 2. The molecule has 2 aromatic carbocycles. The molecular formula is C26H30F2N2O5. The number of nitrogens with one attached hydrogen (secondary N) is 2. The van der Waals surface area contributed by atoms with E-state index in [0.717, 1.165) is 22.3 Å². The first kappa shape index (κ1) is 26.1. The highest BCUT2D eigenvalue weighted by molar-refractivity contribution is 5.81. The molecule has 2 amide bonds. The van der Waals surface area contributed by atoms with Crippen molar-refractivity contribution in [1.29, 1.82) is 0 Å². The maximum atomic E-state index is 13.5. The van der Waals surface area contributed by atoms with Crippen LogP contribution in [0.4, 0.5) is 13.6 Å². The first-order valence-corrected chi connectivity index (χ1v) is 11.6. The Morgan fingerprint density at radius 1 is 1.00 bits per heavy atom. The van der Waals surface area contributed by atoms with E-state index < -0.39 is 42.3 Å². The Morgan fingerprint density at radius 2 is 1.54 bits per heavy atom. The Hall–Kier alpha value is -3.49. The number of alkyl halides is 2. The normalized spacial score (nSPS) is 13.6. The van der Waals surface area contributed by atoms with E-state index in [-0.39, 0.29) is 31.9 Å². The number of hydrogen-bond acceptors (Lipinski definition) is 4. The third-order valence-corrected chi connectivity index (χ3v) is 6.79. The van der Waals surface area contributed by atoms with Crippen LogP contribution in [0.15, 0.2) is 48.5 Å². The zero-order valence-corrected chi connectivity index (χ0v) is 19.7. The molecule has 0 saturated heterocycles. The average Bonchev–Trinajstić information content (AvgIpc) is 3.16. The monoisotopic (exact) mass is 488 g/mol. The smallest absolute Gasteiger partial charge is 0.407 e. The van der Waals surface area contributed by atoms with Gasteiger partial charge in [0.15, 0.2) is 0 Å². The second kappa shape index (κ2) is 11.3. The third-order valence-electron chi connectivity index (χ3n) is 6.79. The molecule has 0 fully saturated rings. The molecule has 0 aromatic heterocycles. The van der Waals surface area contributed by atoms with Crippen LogP contribution in [0.1, 0.15) is 50.2 Å². The maximum absolute atomic E-state index is 13.5. The van der Waals surface area contributed by atoms with E-state index in [1.54, 1.807) is 13.8 Å². The topological polar surface area (TPSA) is 105 Å². The molecule has 0 bridgehead atoms. The molecule has 0 saturated carbocycles. The molecule has 1 unspecified atom stereocenters. The molecule has 9 heteroatoms. The van der Waals surface area contributed by atoms with Crippen LogP contribution >= 0.6 is 0 Å². The number of ether oxygens (including phenoxy) is 1. The van der Waals surface area contributed by atoms with E-state index in [1.807, 2.05) is 48.5 Å². The van der Waals surface area contributed by atoms with Crippen molar-refractivity contribution < 1.29 is 33.0 Å². The predicted molar refractivity (Wildman–Crippen MR) is 126 cm³/mol. The molecule has 3 rings (SSSR count). The summed E-state index contributed by atoms with van der Waals surface area (Å²) in [6.07, 6.45) is -4.22. The molecule has 188 valence electrons. The van der Waals surface area contributed by atoms with Gasteiger partial charge in [0.05, 0.1) is 11.8 Å². The molecule has 1 aliphatic rings. The largest absolute Gasteiger partial charge is 0.481 e. The molecule has 35 heavy (non-hydrogen) atoms. The van der Waals surface area contributed by atoms with Gasteiger partial charge in [-0.3, -0.25) is 9.59 Å². The van der Waals surface area contributed by atoms with Crippen molar-refractivity contribution in [3.8, 4) is 11.1 Å². The van der Waals surface area contributed by atoms with Crippen LogP contribution in [0.25, 0.3) is 11.1 Å². The van der Waals surface area contributed by atoms with Crippen LogP contribution in [0, 0.1) is 5.41 Å². The molecule has 1 aliphatic carbocycles. The summed E-state index contributed by atoms with van der Waals surface area (Å²) >= 11 is 0. The van der Waals surface area contributed by atoms with Gasteiger partial charge in [-0.1, -0.05) is 62.4 Å². The van der Waals surface area contributed by atoms with Crippen molar-refractivity contribution >= 4 is 18.0 Å². The summed E-state index contributed by atoms with van der Waals surface area (Å²) in [6, 6.07) is 13.7. The summed E-state index contributed by atoms with van der Waals surface area (Å²) in [4.78, 5) is 36.2. The molecule has 1 atom stereocenters. The standard InChI is InChI=1S/C26H30F2N2O5/c1-3-26(4-2,24(32)33)15-29-22(31)13-21(23(27)28)30-25(34)35-14-20-18-11-7-5-9-16(18)17-10-6-8-12-19(17)20/h5-12,20-21,23H,3-4,13-15H2,1-2H3,(H,29,31)(H,30,34)(H,32,33). The zero-order chi connectivity index (χ0) is 25.6. The van der Waals surface area contributed by atoms with E-state index in [2.05, 4.69) is 10.6 Å². The van der Waals surface area contributed by atoms with Gasteiger partial charge in [0.25, 0.3) is 6.43 Å². The Morgan fingerprint density at radius 3 is 2.03 bits per heavy atom. The molecule has 0 aliphatic heterocycles. The van der Waals surface area contributed by atoms with Gasteiger partial charge in [-0.25, -0.2) is 13.6 Å². The molecule has 0 heterocycles. The van der Waals surface area contributed by atoms with Gasteiger partial charge in [0.2, 0.25) is 5.91 Å². The van der Waals surface area contributed by atoms with Crippen LogP contribution < -0.4 is 10.6 Å². The van der Waals surface area contributed by atoms with E-state index in [0.29, 0.717) is 0 Å². The van der Waals surface area contributed by atoms with Crippen LogP contribution in [0.2, 0.25) is 0 Å². The number of aliphatic carboxylic acids is 1. The number of carbonyl (C=O) groups is 3. The number of carboxylic acids is 1. The number of alkyl carbamates (subject to hydrolysis) is 1. The summed E-state index contributed by atoms with van der Waals surface area (Å²) < 4.78 is 32.4. The van der Waals surface area contributed by atoms with Crippen LogP contribution in [-0.4, -0.2) is 48.7 Å². The van der Waals surface area contributed by atoms with Gasteiger partial charge < -0.3 is 20.5 Å². The molecular weight excluding hydrogens is 458 g/mol. The summed E-state index contributed by atoms with van der Waals surface area (Å²) in [5, 5.41) is 14.0. The van der Waals surface area contributed by atoms with Gasteiger partial charge in [-0.2, -0.15) is 0 Å². The zero-order valence-electron chi connectivity index (χ0n) is 19.7. The van der Waals surface area contributed by atoms with Gasteiger partial charge >= 0.3 is 12.1 Å². The van der Waals surface area contributed by atoms with Gasteiger partial charge in [0, 0.05) is 12.5 Å². The molecule has 3 N–H and O–H groups in total. The number of amides is 2. The lowest BCUT2D eigenvalue weighted by Gasteiger charge is -2.27. The van der Waals surface area contributed by atoms with Crippen molar-refractivity contribution in [2.24, 2.45) is 5.41 Å². The lowest BCUT2D eigenvalue weighted by molar-refractivity contribution is -0.149. The first-order chi connectivity index (χ1) is 16.7. The summed E-state index contributed by atoms with van der Waals surface area (Å²) in [5.41, 5.74) is 2.88. The van der Waals surface area contributed by atoms with Gasteiger partial charge in [-0.15, -0.1) is 0 Å². The molecule has 0 spiro atoms. The Bertz CT molecular complexity index is 1030. The quantitative estimate of drug-likeness (QED) is 0.430. The highest BCUT2D eigenvalue weighted by atomic mass is 19.3. The summed E-state index contributed by atoms with van der Waals surface area (Å²) in [5.74, 6) is -2.07. The number of rotatable bonds is 11. The third kappa shape index (κ3) is 5.78. The number of hydrogen-bond donors (Lipinski definition) is 3. The number of carbonyl (C=O) groups excluding carboxylic acids is 2. The van der Waals surface area contributed by atoms with Crippen molar-refractivity contribution in [1.82, 2.24) is 10.6 Å². The summed E-state index contributed by atoms with van der Waals surface area (Å²) in [6.45, 7) is 3.14. The first-order valence-electron chi connectivity index (χ1n) is 11.6. The molecule has 0 radical (unpaired) electrons. The lowest BCUT2D eigenvalue weighted by Crippen LogP contribution is -2.47. The van der Waals surface area contributed by atoms with Crippen molar-refractivity contribution in [2.75, 3.05) is 13.2 Å². The highest BCUT2D eigenvalue weighted by Crippen LogP contribution is 2.44. The summed E-state index contributed by atoms with van der Waals surface area (Å²) in [7, 11) is 0. The minimum atomic E-state index is -3.01. The SMILES string of the molecule is CCC(CC)(CNC(=O)CC(NC(=O)OCC1c2ccccc2-c2ccccc21)C(F)F)C(=O)O. The fraction of sp³-hybridized carbons (Fsp3) is 0.423. The minimum Gasteiger partial charge on any atom is -0.481 e. The second-order valence-corrected chi connectivity index (χ2v) is 8.68. The minimum absolute atomic E-state index is 0.0455. The number of fused-ring (bicyclic) bond motifs is 3. The Labute approximate surface area is 202 Å². The molecule has 2 aromatic rings. The van der Waals surface area contributed by atoms with Crippen LogP contribution in [0.5, 0.6) is 0 Å². The maximum Gasteiger partial charge on any atom is 0.407 e. The number of carboxylic acid groups (broad SMARTS) is 1. The average molecular weight is 489 g/mol. The second-order valence-electron chi connectivity index (χ2n) is 8.68. The van der Waals surface area contributed by atoms with E-state index >= 15 is 0 Å². The van der Waals surface area contributed by atoms with Gasteiger partial charge in [-0.05, 0) is 35.1 Å². The van der Waals surface area contributed by atoms with Crippen LogP contribution in [-0.2, 0) is 14.3 Å². The van der Waals surface area contributed by atoms with Crippen molar-refractivity contribution in [2.45, 2.75) is 51.5 Å². The Kier molecular flexibility index (Phi) is 8.43. The van der Waals surface area contributed by atoms with Crippen LogP contribution in [0.3, 0.4) is 0 Å². The van der Waals surface area contributed by atoms with E-state index in [9.17, 15) is 28.3 Å². The number of halogens is 2. The fourth-order valence-electron chi connectivity index (χ4n) is 4.41. The lowest BCUT2D eigenvalue weighted by atomic mass is 9.82. The highest BCUT2D eigenvalue weighted by Gasteiger charge is 2.36. The Balaban J connectivity index is 1.58. The molecule has 7 nitrogen and oxygen atoms in total. The predicted octanol–water partition coefficient (Wildman–Crippen LogP) is 4.56. The van der Waals surface area contributed by atoms with E-state index in [4.69, 9.17) is 4.74 Å². The van der Waals surface area contributed by atoms with Gasteiger partial charge in [0.1, 0.15) is 12.6 Å². The van der Waals surface area contributed by atoms with E-state index in [1.165, 1.54) is 0 Å². The van der Waals surface area contributed by atoms with Crippen molar-refractivity contribution in [3.05, 3.63) is 59.7 Å².